The second-order valence-electron chi connectivity index (χ2n) is 11.7. The first-order valence-electron chi connectivity index (χ1n) is 13.9. The van der Waals surface area contributed by atoms with Gasteiger partial charge in [-0.25, -0.2) is 14.5 Å². The van der Waals surface area contributed by atoms with Gasteiger partial charge in [0.1, 0.15) is 12.2 Å². The van der Waals surface area contributed by atoms with Crippen molar-refractivity contribution in [3.05, 3.63) is 59.0 Å². The van der Waals surface area contributed by atoms with Gasteiger partial charge in [-0.05, 0) is 74.6 Å². The third-order valence-electron chi connectivity index (χ3n) is 8.75. The van der Waals surface area contributed by atoms with E-state index in [4.69, 9.17) is 14.5 Å². The van der Waals surface area contributed by atoms with Gasteiger partial charge in [0.25, 0.3) is 0 Å². The molecule has 0 N–H and O–H groups in total. The number of hydrogen-bond acceptors (Lipinski definition) is 8. The van der Waals surface area contributed by atoms with Crippen molar-refractivity contribution < 1.29 is 50.7 Å². The third-order valence-corrected chi connectivity index (χ3v) is 8.75. The van der Waals surface area contributed by atoms with E-state index in [1.54, 1.807) is 13.8 Å². The molecule has 0 radical (unpaired) electrons. The van der Waals surface area contributed by atoms with Crippen molar-refractivity contribution in [2.24, 2.45) is 11.3 Å². The summed E-state index contributed by atoms with van der Waals surface area (Å²) in [5, 5.41) is 3.96. The number of aromatic nitrogens is 3. The largest absolute Gasteiger partial charge is 0.586 e. The lowest BCUT2D eigenvalue weighted by molar-refractivity contribution is -0.323. The Balaban J connectivity index is 1.18. The molecule has 4 aliphatic carbocycles. The molecule has 2 unspecified atom stereocenters. The molecule has 2 bridgehead atoms. The Morgan fingerprint density at radius 2 is 1.84 bits per heavy atom. The van der Waals surface area contributed by atoms with Crippen LogP contribution in [0.1, 0.15) is 86.6 Å². The average Bonchev–Trinajstić information content (AvgIpc) is 3.44. The van der Waals surface area contributed by atoms with E-state index in [0.717, 1.165) is 23.9 Å². The maximum atomic E-state index is 14.2. The Morgan fingerprint density at radius 1 is 1.09 bits per heavy atom. The van der Waals surface area contributed by atoms with Crippen LogP contribution in [0, 0.1) is 11.3 Å². The normalized spacial score (nSPS) is 27.0. The van der Waals surface area contributed by atoms with Gasteiger partial charge in [-0.15, -0.1) is 8.78 Å². The summed E-state index contributed by atoms with van der Waals surface area (Å²) in [5.41, 5.74) is -0.773. The van der Waals surface area contributed by atoms with E-state index >= 15 is 0 Å². The van der Waals surface area contributed by atoms with Crippen LogP contribution in [0.2, 0.25) is 0 Å². The molecule has 3 saturated carbocycles. The van der Waals surface area contributed by atoms with Gasteiger partial charge in [-0.3, -0.25) is 4.89 Å². The van der Waals surface area contributed by atoms with Crippen LogP contribution in [0.4, 0.5) is 22.0 Å². The number of ether oxygens (including phenoxy) is 3. The van der Waals surface area contributed by atoms with Crippen molar-refractivity contribution in [1.82, 2.24) is 14.8 Å². The van der Waals surface area contributed by atoms with Crippen LogP contribution in [-0.2, 0) is 20.7 Å². The highest BCUT2D eigenvalue weighted by molar-refractivity contribution is 5.79. The summed E-state index contributed by atoms with van der Waals surface area (Å²) in [6.07, 6.45) is -5.93. The Kier molecular flexibility index (Phi) is 6.18. The molecule has 3 heterocycles. The number of benzene rings is 1. The van der Waals surface area contributed by atoms with Gasteiger partial charge in [0, 0.05) is 17.8 Å². The summed E-state index contributed by atoms with van der Waals surface area (Å²) < 4.78 is 85.5. The number of alkyl halides is 5. The first-order valence-corrected chi connectivity index (χ1v) is 13.9. The van der Waals surface area contributed by atoms with Gasteiger partial charge >= 0.3 is 18.4 Å². The smallest absolute Gasteiger partial charge is 0.470 e. The third kappa shape index (κ3) is 4.75. The Bertz CT molecular complexity index is 1590. The molecule has 9 nitrogen and oxygen atoms in total. The molecule has 0 saturated heterocycles. The molecular formula is C29H26F5N3O6. The first kappa shape index (κ1) is 27.9. The molecule has 2 aromatic heterocycles. The lowest BCUT2D eigenvalue weighted by atomic mass is 9.44. The fourth-order valence-corrected chi connectivity index (χ4v) is 6.40. The zero-order valence-electron chi connectivity index (χ0n) is 23.0. The van der Waals surface area contributed by atoms with E-state index < -0.39 is 47.7 Å². The van der Waals surface area contributed by atoms with Crippen LogP contribution in [0.25, 0.3) is 5.69 Å². The Hall–Kier alpha value is -3.94. The molecule has 3 atom stereocenters. The van der Waals surface area contributed by atoms with Gasteiger partial charge in [-0.2, -0.15) is 23.2 Å². The molecule has 1 aromatic carbocycles. The van der Waals surface area contributed by atoms with Crippen molar-refractivity contribution in [2.75, 3.05) is 0 Å². The van der Waals surface area contributed by atoms with Crippen LogP contribution in [0.15, 0.2) is 36.5 Å². The minimum atomic E-state index is -4.75. The van der Waals surface area contributed by atoms with Crippen LogP contribution in [-0.4, -0.2) is 27.0 Å². The monoisotopic (exact) mass is 607 g/mol. The minimum absolute atomic E-state index is 0.0184. The Morgan fingerprint density at radius 3 is 2.53 bits per heavy atom. The lowest BCUT2D eigenvalue weighted by Gasteiger charge is -2.58. The summed E-state index contributed by atoms with van der Waals surface area (Å²) in [7, 11) is 0. The second kappa shape index (κ2) is 9.53. The lowest BCUT2D eigenvalue weighted by Crippen LogP contribution is -2.57. The standard InChI is InChI=1S/C29H26F5N3O6/c1-14-3-5-20(42-43-26(38)27-11-16(12-27)13-27)24-23(14)25(28(30,31)32)36-37(24)18-7-8-35-22(10-18)39-15(2)17-4-6-19-21(9-17)41-29(33,34)40-19/h4,6-10,14-16,20H,3,5,11-13H2,1-2H3/t14?,15-,16?,20?,27?/m1/s1. The summed E-state index contributed by atoms with van der Waals surface area (Å²) in [6, 6.07) is 7.08. The van der Waals surface area contributed by atoms with E-state index in [0.29, 0.717) is 24.3 Å². The highest BCUT2D eigenvalue weighted by atomic mass is 19.4. The quantitative estimate of drug-likeness (QED) is 0.162. The van der Waals surface area contributed by atoms with Crippen LogP contribution in [0.3, 0.4) is 0 Å². The first-order chi connectivity index (χ1) is 20.3. The fourth-order valence-electron chi connectivity index (χ4n) is 6.40. The highest BCUT2D eigenvalue weighted by Crippen LogP contribution is 2.65. The molecule has 3 fully saturated rings. The van der Waals surface area contributed by atoms with E-state index in [-0.39, 0.29) is 34.3 Å². The maximum Gasteiger partial charge on any atom is 0.586 e. The summed E-state index contributed by atoms with van der Waals surface area (Å²) in [4.78, 5) is 27.6. The Labute approximate surface area is 241 Å². The zero-order valence-corrected chi connectivity index (χ0v) is 23.0. The fraction of sp³-hybridized carbons (Fsp3) is 0.483. The molecule has 0 amide bonds. The number of rotatable bonds is 7. The molecule has 1 aliphatic heterocycles. The molecule has 43 heavy (non-hydrogen) atoms. The van der Waals surface area contributed by atoms with E-state index in [1.807, 2.05) is 0 Å². The zero-order chi connectivity index (χ0) is 30.3. The number of carbonyl (C=O) groups excluding carboxylic acids is 1. The van der Waals surface area contributed by atoms with Gasteiger partial charge in [0.05, 0.1) is 16.8 Å². The van der Waals surface area contributed by atoms with E-state index in [9.17, 15) is 26.7 Å². The van der Waals surface area contributed by atoms with Crippen molar-refractivity contribution in [1.29, 1.82) is 0 Å². The van der Waals surface area contributed by atoms with Crippen LogP contribution in [0.5, 0.6) is 17.4 Å². The molecule has 0 spiro atoms. The SMILES string of the molecule is CC1CCC(OOC(=O)C23CC(C2)C3)c2c1c(C(F)(F)F)nn2-c1ccnc(O[C@H](C)c2ccc3c(c2)OC(F)(F)O3)c1. The number of nitrogens with zero attached hydrogens (tertiary/aromatic N) is 3. The van der Waals surface area contributed by atoms with E-state index in [1.165, 1.54) is 36.5 Å². The average molecular weight is 608 g/mol. The van der Waals surface area contributed by atoms with Crippen LogP contribution < -0.4 is 14.2 Å². The minimum Gasteiger partial charge on any atom is -0.470 e. The van der Waals surface area contributed by atoms with E-state index in [2.05, 4.69) is 19.6 Å². The van der Waals surface area contributed by atoms with Gasteiger partial charge in [0.2, 0.25) is 5.88 Å². The number of pyridine rings is 1. The summed E-state index contributed by atoms with van der Waals surface area (Å²) >= 11 is 0. The van der Waals surface area contributed by atoms with Crippen molar-refractivity contribution in [3.63, 3.8) is 0 Å². The highest BCUT2D eigenvalue weighted by Gasteiger charge is 2.63. The van der Waals surface area contributed by atoms with Crippen molar-refractivity contribution in [2.45, 2.75) is 76.5 Å². The number of carbonyl (C=O) groups is 1. The van der Waals surface area contributed by atoms with Crippen LogP contribution >= 0.6 is 0 Å². The topological polar surface area (TPSA) is 93.9 Å². The van der Waals surface area contributed by atoms with Crippen molar-refractivity contribution in [3.8, 4) is 23.1 Å². The predicted molar refractivity (Wildman–Crippen MR) is 135 cm³/mol. The number of hydrogen-bond donors (Lipinski definition) is 0. The molecule has 3 aromatic rings. The molecule has 228 valence electrons. The summed E-state index contributed by atoms with van der Waals surface area (Å²) in [6.45, 7) is 3.33. The second-order valence-corrected chi connectivity index (χ2v) is 11.7. The van der Waals surface area contributed by atoms with Crippen molar-refractivity contribution >= 4 is 5.97 Å². The maximum absolute atomic E-state index is 14.2. The molecule has 8 rings (SSSR count). The van der Waals surface area contributed by atoms with Gasteiger partial charge < -0.3 is 14.2 Å². The predicted octanol–water partition coefficient (Wildman–Crippen LogP) is 6.96. The van der Waals surface area contributed by atoms with Gasteiger partial charge in [-0.1, -0.05) is 13.0 Å². The number of halogens is 5. The molecule has 5 aliphatic rings. The molecule has 14 heteroatoms. The summed E-state index contributed by atoms with van der Waals surface area (Å²) in [5.74, 6) is -0.667. The number of fused-ring (bicyclic) bond motifs is 2. The molecular weight excluding hydrogens is 581 g/mol. The van der Waals surface area contributed by atoms with Gasteiger partial charge in [0.15, 0.2) is 17.2 Å².